The number of esters is 3. The molecule has 0 aliphatic carbocycles. The molecule has 0 aliphatic heterocycles. The Kier molecular flexibility index (Phi) is 45.1. The monoisotopic (exact) mass is 843 g/mol. The lowest BCUT2D eigenvalue weighted by atomic mass is 10.1. The lowest BCUT2D eigenvalue weighted by molar-refractivity contribution is -0.166. The van der Waals surface area contributed by atoms with Crippen LogP contribution in [0.25, 0.3) is 0 Å². The van der Waals surface area contributed by atoms with Crippen LogP contribution in [0.15, 0.2) is 122 Å². The summed E-state index contributed by atoms with van der Waals surface area (Å²) in [5.41, 5.74) is 0. The maximum absolute atomic E-state index is 12.7. The van der Waals surface area contributed by atoms with Gasteiger partial charge in [0.2, 0.25) is 0 Å². The minimum Gasteiger partial charge on any atom is -0.462 e. The van der Waals surface area contributed by atoms with Gasteiger partial charge in [-0.3, -0.25) is 14.4 Å². The topological polar surface area (TPSA) is 78.9 Å². The quantitative estimate of drug-likeness (QED) is 0.0264. The number of hydrogen-bond acceptors (Lipinski definition) is 6. The molecule has 0 fully saturated rings. The van der Waals surface area contributed by atoms with Gasteiger partial charge in [0.25, 0.3) is 0 Å². The standard InChI is InChI=1S/C55H86O6/c1-4-7-10-13-16-19-21-23-25-26-27-28-30-31-33-36-39-42-45-48-54(57)60-51-52(50-59-53(56)47-44-41-38-35-18-15-12-9-6-3)61-55(58)49-46-43-40-37-34-32-29-24-22-20-17-14-11-8-5-2/h7,9-10,12,16,18-20,22-23,25,27-28,31,33,35,39,41-42,44,52H,4-6,8,11,13-15,17,21,24,26,29-30,32,34,36-38,40,43,45-51H2,1-3H3/b10-7-,12-9-,19-16-,22-20-,25-23-,28-27-,33-31-,35-18-,42-39-,44-41-. The Morgan fingerprint density at radius 2 is 0.738 bits per heavy atom. The SMILES string of the molecule is CC/C=C\C/C=C\C/C=C\C/C=C\C/C=C\C/C=C\CCC(=O)OCC(COC(=O)C/C=C\C/C=C\C/C=C\CC)OC(=O)CCCCCCCCC/C=C\CCCCCC. The molecular formula is C55H86O6. The van der Waals surface area contributed by atoms with Gasteiger partial charge in [-0.1, -0.05) is 194 Å². The van der Waals surface area contributed by atoms with Crippen LogP contribution >= 0.6 is 0 Å². The summed E-state index contributed by atoms with van der Waals surface area (Å²) in [6.07, 6.45) is 66.6. The number of unbranched alkanes of at least 4 members (excludes halogenated alkanes) is 11. The molecule has 0 aromatic heterocycles. The zero-order chi connectivity index (χ0) is 44.4. The predicted octanol–water partition coefficient (Wildman–Crippen LogP) is 15.7. The largest absolute Gasteiger partial charge is 0.462 e. The minimum absolute atomic E-state index is 0.117. The number of hydrogen-bond donors (Lipinski definition) is 0. The Labute approximate surface area is 373 Å². The Hall–Kier alpha value is -4.19. The van der Waals surface area contributed by atoms with Crippen molar-refractivity contribution in [2.45, 2.75) is 194 Å². The van der Waals surface area contributed by atoms with Crippen LogP contribution in [-0.2, 0) is 28.6 Å². The lowest BCUT2D eigenvalue weighted by Gasteiger charge is -2.18. The van der Waals surface area contributed by atoms with Gasteiger partial charge >= 0.3 is 17.9 Å². The number of rotatable bonds is 41. The molecule has 0 heterocycles. The molecule has 0 spiro atoms. The normalized spacial score (nSPS) is 13.2. The molecular weight excluding hydrogens is 757 g/mol. The van der Waals surface area contributed by atoms with E-state index in [0.29, 0.717) is 6.42 Å². The van der Waals surface area contributed by atoms with Gasteiger partial charge in [0, 0.05) is 12.8 Å². The smallest absolute Gasteiger partial charge is 0.309 e. The Balaban J connectivity index is 4.54. The van der Waals surface area contributed by atoms with E-state index >= 15 is 0 Å². The highest BCUT2D eigenvalue weighted by molar-refractivity contribution is 5.72. The Morgan fingerprint density at radius 3 is 1.21 bits per heavy atom. The van der Waals surface area contributed by atoms with E-state index in [2.05, 4.69) is 118 Å². The van der Waals surface area contributed by atoms with Crippen LogP contribution in [0.4, 0.5) is 0 Å². The van der Waals surface area contributed by atoms with Gasteiger partial charge in [0.05, 0.1) is 6.42 Å². The van der Waals surface area contributed by atoms with Gasteiger partial charge in [-0.2, -0.15) is 0 Å². The summed E-state index contributed by atoms with van der Waals surface area (Å²) in [4.78, 5) is 37.7. The summed E-state index contributed by atoms with van der Waals surface area (Å²) < 4.78 is 16.5. The van der Waals surface area contributed by atoms with Gasteiger partial charge in [0.1, 0.15) is 13.2 Å². The molecule has 0 bridgehead atoms. The van der Waals surface area contributed by atoms with E-state index in [1.807, 2.05) is 18.2 Å². The zero-order valence-electron chi connectivity index (χ0n) is 38.9. The van der Waals surface area contributed by atoms with E-state index in [-0.39, 0.29) is 44.4 Å². The summed E-state index contributed by atoms with van der Waals surface area (Å²) in [5.74, 6) is -1.17. The van der Waals surface area contributed by atoms with E-state index in [1.54, 1.807) is 6.08 Å². The second-order valence-electron chi connectivity index (χ2n) is 15.3. The molecule has 61 heavy (non-hydrogen) atoms. The maximum Gasteiger partial charge on any atom is 0.309 e. The molecule has 0 saturated carbocycles. The molecule has 1 atom stereocenters. The zero-order valence-corrected chi connectivity index (χ0v) is 38.9. The molecule has 342 valence electrons. The number of carbonyl (C=O) groups excluding carboxylic acids is 3. The fourth-order valence-corrected chi connectivity index (χ4v) is 5.93. The second kappa shape index (κ2) is 48.5. The van der Waals surface area contributed by atoms with E-state index < -0.39 is 12.1 Å². The van der Waals surface area contributed by atoms with Gasteiger partial charge < -0.3 is 14.2 Å². The van der Waals surface area contributed by atoms with Gasteiger partial charge in [0.15, 0.2) is 6.10 Å². The molecule has 0 amide bonds. The third kappa shape index (κ3) is 46.7. The van der Waals surface area contributed by atoms with Crippen molar-refractivity contribution >= 4 is 17.9 Å². The molecule has 0 aliphatic rings. The van der Waals surface area contributed by atoms with Crippen molar-refractivity contribution in [3.8, 4) is 0 Å². The van der Waals surface area contributed by atoms with E-state index in [0.717, 1.165) is 77.0 Å². The molecule has 0 saturated heterocycles. The van der Waals surface area contributed by atoms with Gasteiger partial charge in [-0.05, 0) is 96.3 Å². The molecule has 0 N–H and O–H groups in total. The Bertz CT molecular complexity index is 1340. The van der Waals surface area contributed by atoms with Crippen LogP contribution in [0.3, 0.4) is 0 Å². The highest BCUT2D eigenvalue weighted by Gasteiger charge is 2.19. The third-order valence-corrected chi connectivity index (χ3v) is 9.48. The van der Waals surface area contributed by atoms with Crippen LogP contribution in [0.2, 0.25) is 0 Å². The summed E-state index contributed by atoms with van der Waals surface area (Å²) in [6, 6.07) is 0. The van der Waals surface area contributed by atoms with Crippen LogP contribution in [0.5, 0.6) is 0 Å². The molecule has 0 radical (unpaired) electrons. The number of ether oxygens (including phenoxy) is 3. The average Bonchev–Trinajstić information content (AvgIpc) is 3.26. The van der Waals surface area contributed by atoms with Crippen molar-refractivity contribution in [2.75, 3.05) is 13.2 Å². The summed E-state index contributed by atoms with van der Waals surface area (Å²) in [7, 11) is 0. The van der Waals surface area contributed by atoms with Gasteiger partial charge in [-0.25, -0.2) is 0 Å². The first-order valence-electron chi connectivity index (χ1n) is 24.0. The Morgan fingerprint density at radius 1 is 0.361 bits per heavy atom. The molecule has 6 nitrogen and oxygen atoms in total. The van der Waals surface area contributed by atoms with Crippen LogP contribution < -0.4 is 0 Å². The van der Waals surface area contributed by atoms with Crippen LogP contribution in [-0.4, -0.2) is 37.2 Å². The minimum atomic E-state index is -0.847. The number of allylic oxidation sites excluding steroid dienone is 19. The van der Waals surface area contributed by atoms with Gasteiger partial charge in [-0.15, -0.1) is 0 Å². The summed E-state index contributed by atoms with van der Waals surface area (Å²) in [5, 5.41) is 0. The van der Waals surface area contributed by atoms with E-state index in [9.17, 15) is 14.4 Å². The van der Waals surface area contributed by atoms with Crippen molar-refractivity contribution in [1.29, 1.82) is 0 Å². The van der Waals surface area contributed by atoms with E-state index in [4.69, 9.17) is 14.2 Å². The predicted molar refractivity (Wildman–Crippen MR) is 260 cm³/mol. The average molecular weight is 843 g/mol. The number of carbonyl (C=O) groups is 3. The second-order valence-corrected chi connectivity index (χ2v) is 15.3. The molecule has 1 unspecified atom stereocenters. The third-order valence-electron chi connectivity index (χ3n) is 9.48. The first-order valence-corrected chi connectivity index (χ1v) is 24.0. The first kappa shape index (κ1) is 56.8. The lowest BCUT2D eigenvalue weighted by Crippen LogP contribution is -2.30. The molecule has 0 aromatic rings. The van der Waals surface area contributed by atoms with Crippen molar-refractivity contribution in [1.82, 2.24) is 0 Å². The molecule has 6 heteroatoms. The van der Waals surface area contributed by atoms with Crippen LogP contribution in [0.1, 0.15) is 188 Å². The fourth-order valence-electron chi connectivity index (χ4n) is 5.93. The van der Waals surface area contributed by atoms with E-state index in [1.165, 1.54) is 64.2 Å². The summed E-state index contributed by atoms with van der Waals surface area (Å²) in [6.45, 7) is 6.20. The fraction of sp³-hybridized carbons (Fsp3) is 0.582. The van der Waals surface area contributed by atoms with Crippen molar-refractivity contribution in [3.05, 3.63) is 122 Å². The first-order chi connectivity index (χ1) is 30.0. The van der Waals surface area contributed by atoms with Crippen molar-refractivity contribution < 1.29 is 28.6 Å². The van der Waals surface area contributed by atoms with Crippen molar-refractivity contribution in [2.24, 2.45) is 0 Å². The van der Waals surface area contributed by atoms with Crippen molar-refractivity contribution in [3.63, 3.8) is 0 Å². The van der Waals surface area contributed by atoms with Crippen LogP contribution in [0, 0.1) is 0 Å². The molecule has 0 aromatic carbocycles. The highest BCUT2D eigenvalue weighted by Crippen LogP contribution is 2.12. The summed E-state index contributed by atoms with van der Waals surface area (Å²) >= 11 is 0. The molecule has 0 rings (SSSR count). The maximum atomic E-state index is 12.7. The highest BCUT2D eigenvalue weighted by atomic mass is 16.6.